The molecule has 15 heavy (non-hydrogen) atoms. The molecule has 0 radical (unpaired) electrons. The molecule has 0 amide bonds. The maximum Gasteiger partial charge on any atom is 0.206 e. The first kappa shape index (κ1) is 11.3. The molecular weight excluding hydrogens is 202 g/mol. The summed E-state index contributed by atoms with van der Waals surface area (Å²) < 4.78 is 36.0. The third kappa shape index (κ3) is 2.59. The summed E-state index contributed by atoms with van der Waals surface area (Å²) in [6.45, 7) is 3.48. The Morgan fingerprint density at radius 2 is 1.80 bits per heavy atom. The zero-order chi connectivity index (χ0) is 11.3. The Kier molecular flexibility index (Phi) is 3.92. The Labute approximate surface area is 86.8 Å². The highest BCUT2D eigenvalue weighted by Crippen LogP contribution is 2.27. The third-order valence-electron chi connectivity index (χ3n) is 1.57. The van der Waals surface area contributed by atoms with Gasteiger partial charge in [-0.3, -0.25) is 0 Å². The van der Waals surface area contributed by atoms with Gasteiger partial charge in [0.05, 0.1) is 6.61 Å². The summed E-state index contributed by atoms with van der Waals surface area (Å²) in [4.78, 5) is 0. The number of hydrogen-bond acceptors (Lipinski definition) is 2. The largest absolute Gasteiger partial charge is 0.491 e. The highest BCUT2D eigenvalue weighted by molar-refractivity contribution is 5.35. The average molecular weight is 212 g/mol. The summed E-state index contributed by atoms with van der Waals surface area (Å²) in [7, 11) is 0. The van der Waals surface area contributed by atoms with Crippen LogP contribution < -0.4 is 9.47 Å². The Balaban J connectivity index is 3.01. The maximum absolute atomic E-state index is 13.3. The van der Waals surface area contributed by atoms with Crippen molar-refractivity contribution < 1.29 is 18.3 Å². The molecule has 0 aliphatic heterocycles. The predicted octanol–water partition coefficient (Wildman–Crippen LogP) is 2.72. The van der Waals surface area contributed by atoms with Crippen LogP contribution in [-0.4, -0.2) is 6.61 Å². The van der Waals surface area contributed by atoms with Gasteiger partial charge in [0, 0.05) is 6.92 Å². The SMILES string of the molecule is CC#COc1ccc(OCC)c(F)c1F. The topological polar surface area (TPSA) is 18.5 Å². The van der Waals surface area contributed by atoms with Crippen LogP contribution in [0.2, 0.25) is 0 Å². The van der Waals surface area contributed by atoms with E-state index in [4.69, 9.17) is 4.74 Å². The summed E-state index contributed by atoms with van der Waals surface area (Å²) in [5.74, 6) is -0.124. The molecule has 0 aromatic heterocycles. The van der Waals surface area contributed by atoms with Crippen LogP contribution in [0, 0.1) is 23.7 Å². The molecule has 0 atom stereocenters. The molecule has 1 aromatic carbocycles. The summed E-state index contributed by atoms with van der Waals surface area (Å²) >= 11 is 0. The molecule has 1 rings (SSSR count). The molecule has 2 nitrogen and oxygen atoms in total. The van der Waals surface area contributed by atoms with Crippen molar-refractivity contribution in [2.45, 2.75) is 13.8 Å². The molecule has 1 aromatic rings. The highest BCUT2D eigenvalue weighted by Gasteiger charge is 2.14. The highest BCUT2D eigenvalue weighted by atomic mass is 19.2. The lowest BCUT2D eigenvalue weighted by Gasteiger charge is -2.06. The molecule has 80 valence electrons. The van der Waals surface area contributed by atoms with Gasteiger partial charge in [0.25, 0.3) is 0 Å². The first-order chi connectivity index (χ1) is 7.20. The van der Waals surface area contributed by atoms with Crippen LogP contribution in [-0.2, 0) is 0 Å². The third-order valence-corrected chi connectivity index (χ3v) is 1.57. The van der Waals surface area contributed by atoms with Crippen molar-refractivity contribution in [3.8, 4) is 23.5 Å². The molecule has 0 N–H and O–H groups in total. The van der Waals surface area contributed by atoms with Crippen LogP contribution in [0.1, 0.15) is 13.8 Å². The van der Waals surface area contributed by atoms with E-state index in [0.29, 0.717) is 0 Å². The van der Waals surface area contributed by atoms with Gasteiger partial charge in [-0.2, -0.15) is 8.78 Å². The Morgan fingerprint density at radius 3 is 2.40 bits per heavy atom. The van der Waals surface area contributed by atoms with Crippen molar-refractivity contribution in [1.82, 2.24) is 0 Å². The van der Waals surface area contributed by atoms with Gasteiger partial charge in [0.1, 0.15) is 6.11 Å². The molecule has 0 aliphatic carbocycles. The molecule has 0 aliphatic rings. The lowest BCUT2D eigenvalue weighted by molar-refractivity contribution is 0.310. The van der Waals surface area contributed by atoms with E-state index in [0.717, 1.165) is 0 Å². The van der Waals surface area contributed by atoms with Gasteiger partial charge in [0.2, 0.25) is 11.6 Å². The van der Waals surface area contributed by atoms with E-state index in [-0.39, 0.29) is 18.1 Å². The Morgan fingerprint density at radius 1 is 1.20 bits per heavy atom. The molecule has 0 spiro atoms. The predicted molar refractivity (Wildman–Crippen MR) is 51.6 cm³/mol. The monoisotopic (exact) mass is 212 g/mol. The minimum atomic E-state index is -1.09. The van der Waals surface area contributed by atoms with Gasteiger partial charge in [-0.05, 0) is 19.1 Å². The van der Waals surface area contributed by atoms with Crippen LogP contribution >= 0.6 is 0 Å². The first-order valence-electron chi connectivity index (χ1n) is 4.40. The van der Waals surface area contributed by atoms with E-state index in [9.17, 15) is 8.78 Å². The molecule has 0 saturated carbocycles. The van der Waals surface area contributed by atoms with Crippen LogP contribution in [0.3, 0.4) is 0 Å². The lowest BCUT2D eigenvalue weighted by Crippen LogP contribution is -1.98. The number of rotatable bonds is 3. The van der Waals surface area contributed by atoms with Crippen molar-refractivity contribution in [2.24, 2.45) is 0 Å². The molecule has 0 saturated heterocycles. The molecular formula is C11H10F2O2. The van der Waals surface area contributed by atoms with Crippen molar-refractivity contribution in [3.05, 3.63) is 23.8 Å². The van der Waals surface area contributed by atoms with Gasteiger partial charge >= 0.3 is 0 Å². The van der Waals surface area contributed by atoms with E-state index in [1.165, 1.54) is 19.1 Å². The first-order valence-corrected chi connectivity index (χ1v) is 4.40. The number of halogens is 2. The summed E-state index contributed by atoms with van der Waals surface area (Å²) in [6.07, 6.45) is 2.19. The van der Waals surface area contributed by atoms with Gasteiger partial charge in [0.15, 0.2) is 11.5 Å². The number of ether oxygens (including phenoxy) is 2. The van der Waals surface area contributed by atoms with Gasteiger partial charge in [-0.15, -0.1) is 0 Å². The molecule has 0 unspecified atom stereocenters. The smallest absolute Gasteiger partial charge is 0.206 e. The minimum Gasteiger partial charge on any atom is -0.491 e. The molecule has 0 fully saturated rings. The maximum atomic E-state index is 13.3. The van der Waals surface area contributed by atoms with E-state index in [1.807, 2.05) is 0 Å². The molecule has 4 heteroatoms. The molecule has 0 heterocycles. The van der Waals surface area contributed by atoms with Gasteiger partial charge in [-0.25, -0.2) is 0 Å². The zero-order valence-corrected chi connectivity index (χ0v) is 8.43. The standard InChI is InChI=1S/C11H10F2O2/c1-3-7-15-9-6-5-8(14-4-2)10(12)11(9)13/h5-6H,4H2,1-2H3. The second kappa shape index (κ2) is 5.20. The van der Waals surface area contributed by atoms with E-state index in [2.05, 4.69) is 16.8 Å². The summed E-state index contributed by atoms with van der Waals surface area (Å²) in [5.41, 5.74) is 0. The minimum absolute atomic E-state index is 0.133. The fraction of sp³-hybridized carbons (Fsp3) is 0.273. The van der Waals surface area contributed by atoms with Gasteiger partial charge < -0.3 is 9.47 Å². The summed E-state index contributed by atoms with van der Waals surface area (Å²) in [6, 6.07) is 2.57. The second-order valence-electron chi connectivity index (χ2n) is 2.58. The average Bonchev–Trinajstić information content (AvgIpc) is 2.24. The van der Waals surface area contributed by atoms with Gasteiger partial charge in [-0.1, -0.05) is 5.92 Å². The second-order valence-corrected chi connectivity index (χ2v) is 2.58. The van der Waals surface area contributed by atoms with Crippen LogP contribution in [0.15, 0.2) is 12.1 Å². The lowest BCUT2D eigenvalue weighted by atomic mass is 10.3. The van der Waals surface area contributed by atoms with Crippen molar-refractivity contribution in [2.75, 3.05) is 6.61 Å². The van der Waals surface area contributed by atoms with E-state index >= 15 is 0 Å². The fourth-order valence-electron chi connectivity index (χ4n) is 0.966. The zero-order valence-electron chi connectivity index (χ0n) is 8.43. The number of benzene rings is 1. The van der Waals surface area contributed by atoms with E-state index in [1.54, 1.807) is 6.92 Å². The van der Waals surface area contributed by atoms with Crippen LogP contribution in [0.4, 0.5) is 8.78 Å². The fourth-order valence-corrected chi connectivity index (χ4v) is 0.966. The van der Waals surface area contributed by atoms with Crippen molar-refractivity contribution in [1.29, 1.82) is 0 Å². The van der Waals surface area contributed by atoms with Crippen molar-refractivity contribution in [3.63, 3.8) is 0 Å². The summed E-state index contributed by atoms with van der Waals surface area (Å²) in [5, 5.41) is 0. The molecule has 0 bridgehead atoms. The Hall–Kier alpha value is -1.76. The normalized spacial score (nSPS) is 9.07. The Bertz CT molecular complexity index is 405. The number of hydrogen-bond donors (Lipinski definition) is 0. The van der Waals surface area contributed by atoms with Crippen molar-refractivity contribution >= 4 is 0 Å². The van der Waals surface area contributed by atoms with E-state index < -0.39 is 11.6 Å². The van der Waals surface area contributed by atoms with Crippen LogP contribution in [0.25, 0.3) is 0 Å². The quantitative estimate of drug-likeness (QED) is 0.717. The van der Waals surface area contributed by atoms with Crippen LogP contribution in [0.5, 0.6) is 11.5 Å².